The molecule has 0 saturated carbocycles. The number of hydrogen-bond acceptors (Lipinski definition) is 5. The van der Waals surface area contributed by atoms with Crippen molar-refractivity contribution in [2.24, 2.45) is 5.92 Å². The van der Waals surface area contributed by atoms with Gasteiger partial charge in [0.15, 0.2) is 11.5 Å². The van der Waals surface area contributed by atoms with Crippen LogP contribution in [0.5, 0.6) is 11.5 Å². The van der Waals surface area contributed by atoms with Crippen LogP contribution in [0.25, 0.3) is 0 Å². The number of benzene rings is 2. The number of nitrogens with one attached hydrogen (secondary N) is 1. The summed E-state index contributed by atoms with van der Waals surface area (Å²) in [6, 6.07) is 12.0. The van der Waals surface area contributed by atoms with Crippen LogP contribution in [0.4, 0.5) is 11.4 Å². The second-order valence-corrected chi connectivity index (χ2v) is 8.52. The van der Waals surface area contributed by atoms with Crippen molar-refractivity contribution in [2.75, 3.05) is 36.9 Å². The first kappa shape index (κ1) is 19.4. The minimum absolute atomic E-state index is 0.120. The average molecular weight is 391 g/mol. The molecule has 1 aliphatic rings. The van der Waals surface area contributed by atoms with E-state index in [0.717, 1.165) is 24.7 Å². The minimum atomic E-state index is -3.72. The molecule has 0 aromatic heterocycles. The Balaban J connectivity index is 1.74. The van der Waals surface area contributed by atoms with Gasteiger partial charge in [0.05, 0.1) is 19.1 Å². The Morgan fingerprint density at radius 3 is 2.19 bits per heavy atom. The highest BCUT2D eigenvalue weighted by molar-refractivity contribution is 7.92. The van der Waals surface area contributed by atoms with Crippen LogP contribution >= 0.6 is 0 Å². The summed E-state index contributed by atoms with van der Waals surface area (Å²) in [4.78, 5) is 2.46. The third-order valence-corrected chi connectivity index (χ3v) is 6.31. The summed E-state index contributed by atoms with van der Waals surface area (Å²) in [7, 11) is -0.732. The smallest absolute Gasteiger partial charge is 0.262 e. The molecule has 0 atom stereocenters. The third kappa shape index (κ3) is 4.47. The molecule has 1 aliphatic heterocycles. The fraction of sp³-hybridized carbons (Fsp3) is 0.400. The van der Waals surface area contributed by atoms with Crippen LogP contribution < -0.4 is 19.1 Å². The molecule has 27 heavy (non-hydrogen) atoms. The van der Waals surface area contributed by atoms with E-state index in [1.54, 1.807) is 18.2 Å². The predicted octanol–water partition coefficient (Wildman–Crippen LogP) is 3.74. The number of hydrogen-bond donors (Lipinski definition) is 1. The molecule has 0 spiro atoms. The number of ether oxygens (including phenoxy) is 2. The number of rotatable bonds is 6. The maximum Gasteiger partial charge on any atom is 0.262 e. The summed E-state index contributed by atoms with van der Waals surface area (Å²) in [5.41, 5.74) is 1.65. The van der Waals surface area contributed by atoms with Gasteiger partial charge in [-0.15, -0.1) is 0 Å². The van der Waals surface area contributed by atoms with E-state index >= 15 is 0 Å². The van der Waals surface area contributed by atoms with Crippen molar-refractivity contribution in [3.8, 4) is 11.5 Å². The Morgan fingerprint density at radius 2 is 1.59 bits per heavy atom. The van der Waals surface area contributed by atoms with E-state index in [4.69, 9.17) is 9.47 Å². The molecule has 0 radical (unpaired) electrons. The number of sulfonamides is 1. The summed E-state index contributed by atoms with van der Waals surface area (Å²) in [6.07, 6.45) is 2.38. The summed E-state index contributed by atoms with van der Waals surface area (Å²) in [5.74, 6) is 1.63. The van der Waals surface area contributed by atoms with Crippen molar-refractivity contribution in [3.05, 3.63) is 42.5 Å². The fourth-order valence-corrected chi connectivity index (χ4v) is 4.28. The zero-order valence-electron chi connectivity index (χ0n) is 15.9. The molecule has 0 bridgehead atoms. The highest BCUT2D eigenvalue weighted by Gasteiger charge is 2.18. The molecule has 6 nitrogen and oxygen atoms in total. The van der Waals surface area contributed by atoms with Crippen LogP contribution in [0.3, 0.4) is 0 Å². The molecular weight excluding hydrogens is 364 g/mol. The average Bonchev–Trinajstić information content (AvgIpc) is 2.68. The van der Waals surface area contributed by atoms with Gasteiger partial charge in [0.1, 0.15) is 0 Å². The Bertz CT molecular complexity index is 873. The van der Waals surface area contributed by atoms with Crippen molar-refractivity contribution in [3.63, 3.8) is 0 Å². The summed E-state index contributed by atoms with van der Waals surface area (Å²) in [5, 5.41) is 0. The van der Waals surface area contributed by atoms with Crippen LogP contribution in [0.2, 0.25) is 0 Å². The normalized spacial score (nSPS) is 15.4. The molecule has 2 aromatic carbocycles. The van der Waals surface area contributed by atoms with E-state index in [-0.39, 0.29) is 4.90 Å². The summed E-state index contributed by atoms with van der Waals surface area (Å²) >= 11 is 0. The first-order valence-corrected chi connectivity index (χ1v) is 10.5. The van der Waals surface area contributed by atoms with Crippen molar-refractivity contribution < 1.29 is 17.9 Å². The highest BCUT2D eigenvalue weighted by atomic mass is 32.2. The number of anilines is 2. The maximum absolute atomic E-state index is 12.7. The molecule has 1 saturated heterocycles. The molecule has 2 aromatic rings. The lowest BCUT2D eigenvalue weighted by molar-refractivity contribution is 0.354. The highest BCUT2D eigenvalue weighted by Crippen LogP contribution is 2.30. The maximum atomic E-state index is 12.7. The molecule has 146 valence electrons. The molecule has 0 unspecified atom stereocenters. The number of methoxy groups -OCH3 is 2. The van der Waals surface area contributed by atoms with E-state index in [0.29, 0.717) is 17.2 Å². The van der Waals surface area contributed by atoms with Gasteiger partial charge in [0.2, 0.25) is 0 Å². The molecule has 1 heterocycles. The van der Waals surface area contributed by atoms with Crippen LogP contribution in [0.15, 0.2) is 47.4 Å². The van der Waals surface area contributed by atoms with Crippen molar-refractivity contribution >= 4 is 21.4 Å². The lowest BCUT2D eigenvalue weighted by Gasteiger charge is -2.32. The van der Waals surface area contributed by atoms with Gasteiger partial charge in [-0.25, -0.2) is 8.42 Å². The summed E-state index contributed by atoms with van der Waals surface area (Å²) in [6.45, 7) is 4.36. The van der Waals surface area contributed by atoms with Gasteiger partial charge >= 0.3 is 0 Å². The summed E-state index contributed by atoms with van der Waals surface area (Å²) < 4.78 is 38.3. The molecule has 0 aliphatic carbocycles. The molecule has 1 N–H and O–H groups in total. The third-order valence-electron chi connectivity index (χ3n) is 4.93. The first-order valence-electron chi connectivity index (χ1n) is 9.03. The zero-order valence-corrected chi connectivity index (χ0v) is 16.8. The van der Waals surface area contributed by atoms with Crippen LogP contribution in [0, 0.1) is 5.92 Å². The van der Waals surface area contributed by atoms with Gasteiger partial charge in [-0.05, 0) is 55.2 Å². The molecule has 7 heteroatoms. The second kappa shape index (κ2) is 8.08. The van der Waals surface area contributed by atoms with E-state index < -0.39 is 10.0 Å². The fourth-order valence-electron chi connectivity index (χ4n) is 3.20. The topological polar surface area (TPSA) is 67.9 Å². The van der Waals surface area contributed by atoms with E-state index in [1.807, 2.05) is 12.1 Å². The van der Waals surface area contributed by atoms with E-state index in [2.05, 4.69) is 16.5 Å². The van der Waals surface area contributed by atoms with Gasteiger partial charge in [0, 0.05) is 30.5 Å². The molecule has 3 rings (SSSR count). The van der Waals surface area contributed by atoms with Gasteiger partial charge < -0.3 is 14.4 Å². The largest absolute Gasteiger partial charge is 0.493 e. The Kier molecular flexibility index (Phi) is 5.79. The van der Waals surface area contributed by atoms with Gasteiger partial charge in [0.25, 0.3) is 10.0 Å². The Labute approximate surface area is 161 Å². The Morgan fingerprint density at radius 1 is 0.963 bits per heavy atom. The SMILES string of the molecule is COc1ccc(S(=O)(=O)Nc2ccc(N3CCC(C)CC3)cc2)cc1OC. The molecular formula is C20H26N2O4S. The van der Waals surface area contributed by atoms with Crippen molar-refractivity contribution in [1.82, 2.24) is 0 Å². The molecule has 1 fully saturated rings. The zero-order chi connectivity index (χ0) is 19.4. The predicted molar refractivity (Wildman–Crippen MR) is 107 cm³/mol. The van der Waals surface area contributed by atoms with Crippen LogP contribution in [-0.4, -0.2) is 35.7 Å². The lowest BCUT2D eigenvalue weighted by atomic mass is 9.99. The van der Waals surface area contributed by atoms with E-state index in [9.17, 15) is 8.42 Å². The number of nitrogens with zero attached hydrogens (tertiary/aromatic N) is 1. The van der Waals surface area contributed by atoms with Crippen molar-refractivity contribution in [1.29, 1.82) is 0 Å². The van der Waals surface area contributed by atoms with Crippen molar-refractivity contribution in [2.45, 2.75) is 24.7 Å². The Hall–Kier alpha value is -2.41. The quantitative estimate of drug-likeness (QED) is 0.814. The molecule has 0 amide bonds. The van der Waals surface area contributed by atoms with Gasteiger partial charge in [-0.2, -0.15) is 0 Å². The number of piperidine rings is 1. The minimum Gasteiger partial charge on any atom is -0.493 e. The standard InChI is InChI=1S/C20H26N2O4S/c1-15-10-12-22(13-11-15)17-6-4-16(5-7-17)21-27(23,24)18-8-9-19(25-2)20(14-18)26-3/h4-9,14-15,21H,10-13H2,1-3H3. The van der Waals surface area contributed by atoms with Gasteiger partial charge in [-0.3, -0.25) is 4.72 Å². The van der Waals surface area contributed by atoms with Crippen LogP contribution in [-0.2, 0) is 10.0 Å². The van der Waals surface area contributed by atoms with Gasteiger partial charge in [-0.1, -0.05) is 6.92 Å². The second-order valence-electron chi connectivity index (χ2n) is 6.84. The van der Waals surface area contributed by atoms with Crippen LogP contribution in [0.1, 0.15) is 19.8 Å². The lowest BCUT2D eigenvalue weighted by Crippen LogP contribution is -2.32. The monoisotopic (exact) mass is 390 g/mol. The first-order chi connectivity index (χ1) is 12.9. The van der Waals surface area contributed by atoms with E-state index in [1.165, 1.54) is 39.2 Å².